The van der Waals surface area contributed by atoms with Crippen molar-refractivity contribution < 1.29 is 37.2 Å². The second-order valence-corrected chi connectivity index (χ2v) is 4.07. The summed E-state index contributed by atoms with van der Waals surface area (Å²) in [5.74, 6) is 0. The molecule has 1 nitrogen and oxygen atoms in total. The topological polar surface area (TPSA) is 17.1 Å². The number of rotatable bonds is 0. The summed E-state index contributed by atoms with van der Waals surface area (Å²) < 4.78 is 0. The zero-order valence-electron chi connectivity index (χ0n) is 8.80. The molecule has 2 aromatic rings. The van der Waals surface area contributed by atoms with Crippen LogP contribution < -0.4 is 17.0 Å². The Balaban J connectivity index is 0.000000459. The number of fused-ring (bicyclic) bond motifs is 3. The van der Waals surface area contributed by atoms with E-state index in [-0.39, 0.29) is 21.9 Å². The van der Waals surface area contributed by atoms with E-state index in [1.54, 1.807) is 0 Å². The maximum atomic E-state index is 7.50. The van der Waals surface area contributed by atoms with Crippen molar-refractivity contribution in [3.05, 3.63) is 59.7 Å². The summed E-state index contributed by atoms with van der Waals surface area (Å²) in [5.41, 5.74) is 5.24. The molecule has 17 heavy (non-hydrogen) atoms. The first-order valence-corrected chi connectivity index (χ1v) is 5.44. The first-order chi connectivity index (χ1) is 7.88. The van der Waals surface area contributed by atoms with E-state index in [4.69, 9.17) is 20.3 Å². The molecule has 0 unspecified atom stereocenters. The molecule has 0 fully saturated rings. The minimum absolute atomic E-state index is 0. The molecule has 0 heterocycles. The van der Waals surface area contributed by atoms with Crippen LogP contribution in [0.4, 0.5) is 0 Å². The van der Waals surface area contributed by atoms with Crippen LogP contribution in [0.15, 0.2) is 48.5 Å². The molecule has 0 saturated heterocycles. The monoisotopic (exact) mass is 330 g/mol. The second-order valence-electron chi connectivity index (χ2n) is 3.50. The Morgan fingerprint density at radius 1 is 0.824 bits per heavy atom. The summed E-state index contributed by atoms with van der Waals surface area (Å²) in [6.07, 6.45) is 0. The number of halogens is 1. The number of hydrogen-bond acceptors (Lipinski definition) is 1. The second kappa shape index (κ2) is 6.13. The van der Waals surface area contributed by atoms with E-state index in [1.807, 2.05) is 0 Å². The van der Waals surface area contributed by atoms with E-state index in [9.17, 15) is 0 Å². The van der Waals surface area contributed by atoms with Gasteiger partial charge >= 0.3 is 91.1 Å². The molecule has 2 aromatic carbocycles. The van der Waals surface area contributed by atoms with Crippen LogP contribution in [0.1, 0.15) is 16.0 Å². The number of carbonyl (C=O) groups excluding carboxylic acids is 1. The van der Waals surface area contributed by atoms with Crippen LogP contribution in [0.2, 0.25) is 0 Å². The molecule has 1 aliphatic rings. The molecule has 0 aliphatic heterocycles. The van der Waals surface area contributed by atoms with Crippen molar-refractivity contribution in [3.8, 4) is 11.1 Å². The van der Waals surface area contributed by atoms with Gasteiger partial charge in [-0.2, -0.15) is 0 Å². The van der Waals surface area contributed by atoms with Crippen LogP contribution in [0.25, 0.3) is 11.1 Å². The molecule has 3 heteroatoms. The van der Waals surface area contributed by atoms with Gasteiger partial charge in [0, 0.05) is 0 Å². The van der Waals surface area contributed by atoms with Gasteiger partial charge in [0.25, 0.3) is 6.79 Å². The molecule has 0 aromatic heterocycles. The van der Waals surface area contributed by atoms with Gasteiger partial charge in [-0.25, -0.2) is 0 Å². The van der Waals surface area contributed by atoms with Gasteiger partial charge in [0.2, 0.25) is 0 Å². The first kappa shape index (κ1) is 14.1. The Hall–Kier alpha value is -0.916. The molecule has 0 atom stereocenters. The van der Waals surface area contributed by atoms with Gasteiger partial charge < -0.3 is 17.0 Å². The third-order valence-corrected chi connectivity index (χ3v) is 3.33. The molecule has 0 bridgehead atoms. The summed E-state index contributed by atoms with van der Waals surface area (Å²) in [4.78, 5) is 7.68. The van der Waals surface area contributed by atoms with E-state index in [0.29, 0.717) is 0 Å². The summed E-state index contributed by atoms with van der Waals surface area (Å²) >= 11 is 5.19. The molecular weight excluding hydrogens is 323 g/mol. The van der Waals surface area contributed by atoms with Gasteiger partial charge in [0.15, 0.2) is 0 Å². The van der Waals surface area contributed by atoms with Crippen molar-refractivity contribution >= 4 is 6.79 Å². The Labute approximate surface area is 119 Å². The third kappa shape index (κ3) is 2.36. The average Bonchev–Trinajstić information content (AvgIpc) is 2.67. The van der Waals surface area contributed by atoms with Crippen molar-refractivity contribution in [3.63, 3.8) is 0 Å². The van der Waals surface area contributed by atoms with E-state index in [1.165, 1.54) is 22.3 Å². The Morgan fingerprint density at radius 3 is 1.59 bits per heavy atom. The van der Waals surface area contributed by atoms with Crippen LogP contribution >= 0.6 is 0 Å². The quantitative estimate of drug-likeness (QED) is 0.617. The Morgan fingerprint density at radius 2 is 1.18 bits per heavy atom. The molecule has 1 aliphatic carbocycles. The molecular formula is C14H9BrNiO. The fourth-order valence-electron chi connectivity index (χ4n) is 2.06. The van der Waals surface area contributed by atoms with Gasteiger partial charge in [-0.15, -0.1) is 0 Å². The van der Waals surface area contributed by atoms with Crippen LogP contribution in [0.5, 0.6) is 0 Å². The average molecular weight is 332 g/mol. The van der Waals surface area contributed by atoms with Gasteiger partial charge in [-0.1, -0.05) is 0 Å². The zero-order valence-corrected chi connectivity index (χ0v) is 11.4. The van der Waals surface area contributed by atoms with Gasteiger partial charge in [-0.05, 0) is 0 Å². The molecule has 3 rings (SSSR count). The SMILES string of the molecule is [Br-].[C]=O.[Ni+][CH]1c2ccccc2-c2ccccc21. The standard InChI is InChI=1S/C13H9.CO.BrH.Ni/c1-3-7-12-10(5-1)9-11-6-2-4-8-13(11)12;1-2;;/h1-9H;;1H;/q;;;+1/p-1. The maximum absolute atomic E-state index is 7.50. The Kier molecular flexibility index (Phi) is 5.10. The molecule has 0 saturated carbocycles. The molecule has 0 spiro atoms. The van der Waals surface area contributed by atoms with Crippen LogP contribution in [0.3, 0.4) is 0 Å². The van der Waals surface area contributed by atoms with Crippen molar-refractivity contribution in [2.45, 2.75) is 4.89 Å². The molecule has 0 amide bonds. The Bertz CT molecular complexity index is 468. The van der Waals surface area contributed by atoms with Gasteiger partial charge in [-0.3, -0.25) is 4.79 Å². The third-order valence-electron chi connectivity index (χ3n) is 2.72. The van der Waals surface area contributed by atoms with Crippen molar-refractivity contribution in [1.82, 2.24) is 0 Å². The van der Waals surface area contributed by atoms with E-state index >= 15 is 0 Å². The van der Waals surface area contributed by atoms with Crippen molar-refractivity contribution in [2.75, 3.05) is 0 Å². The van der Waals surface area contributed by atoms with E-state index in [0.717, 1.165) is 0 Å². The number of hydrogen-bond donors (Lipinski definition) is 0. The first-order valence-electron chi connectivity index (χ1n) is 4.87. The van der Waals surface area contributed by atoms with Crippen molar-refractivity contribution in [2.24, 2.45) is 0 Å². The van der Waals surface area contributed by atoms with Crippen molar-refractivity contribution in [1.29, 1.82) is 0 Å². The summed E-state index contributed by atoms with van der Waals surface area (Å²) in [6, 6.07) is 16.9. The van der Waals surface area contributed by atoms with Gasteiger partial charge in [0.1, 0.15) is 0 Å². The van der Waals surface area contributed by atoms with E-state index < -0.39 is 0 Å². The summed E-state index contributed by atoms with van der Waals surface area (Å²) in [7, 11) is 0. The van der Waals surface area contributed by atoms with E-state index in [2.05, 4.69) is 55.3 Å². The summed E-state index contributed by atoms with van der Waals surface area (Å²) in [5, 5.41) is 0. The van der Waals surface area contributed by atoms with Gasteiger partial charge in [0.05, 0.1) is 0 Å². The normalized spacial score (nSPS) is 11.6. The predicted molar refractivity (Wildman–Crippen MR) is 59.4 cm³/mol. The fraction of sp³-hybridized carbons (Fsp3) is 0.0714. The fourth-order valence-corrected chi connectivity index (χ4v) is 2.56. The van der Waals surface area contributed by atoms with Crippen LogP contribution in [-0.4, -0.2) is 6.79 Å². The predicted octanol–water partition coefficient (Wildman–Crippen LogP) is -0.0899. The van der Waals surface area contributed by atoms with Crippen LogP contribution in [-0.2, 0) is 20.3 Å². The number of benzene rings is 2. The molecule has 0 N–H and O–H groups in total. The molecule has 2 radical (unpaired) electrons. The zero-order chi connectivity index (χ0) is 11.5. The minimum atomic E-state index is 0. The summed E-state index contributed by atoms with van der Waals surface area (Å²) in [6.45, 7) is 4.50. The molecule has 88 valence electrons. The van der Waals surface area contributed by atoms with Crippen LogP contribution in [0, 0.1) is 0 Å².